The van der Waals surface area contributed by atoms with Gasteiger partial charge < -0.3 is 19.4 Å². The fourth-order valence-corrected chi connectivity index (χ4v) is 2.70. The fraction of sp³-hybridized carbons (Fsp3) is 0.647. The highest BCUT2D eigenvalue weighted by Gasteiger charge is 2.38. The van der Waals surface area contributed by atoms with Crippen molar-refractivity contribution in [3.8, 4) is 0 Å². The van der Waals surface area contributed by atoms with Gasteiger partial charge in [-0.25, -0.2) is 0 Å². The number of benzene rings is 1. The molecule has 0 saturated carbocycles. The molecule has 1 aromatic rings. The third-order valence-electron chi connectivity index (χ3n) is 4.34. The summed E-state index contributed by atoms with van der Waals surface area (Å²) in [6.07, 6.45) is -1.46. The molecule has 0 saturated heterocycles. The van der Waals surface area contributed by atoms with E-state index >= 15 is 0 Å². The van der Waals surface area contributed by atoms with Gasteiger partial charge in [-0.1, -0.05) is 51.1 Å². The fourth-order valence-electron chi connectivity index (χ4n) is 1.68. The minimum Gasteiger partial charge on any atom is -0.414 e. The summed E-state index contributed by atoms with van der Waals surface area (Å²) in [7, 11) is -1.91. The molecule has 1 aromatic carbocycles. The topological polar surface area (TPSA) is 58.9 Å². The van der Waals surface area contributed by atoms with E-state index in [9.17, 15) is 10.2 Å². The quantitative estimate of drug-likeness (QED) is 0.721. The van der Waals surface area contributed by atoms with Crippen LogP contribution in [0.15, 0.2) is 30.3 Å². The van der Waals surface area contributed by atoms with E-state index in [0.29, 0.717) is 6.61 Å². The lowest BCUT2D eigenvalue weighted by molar-refractivity contribution is -0.0842. The Hall–Kier alpha value is -0.723. The molecule has 0 aliphatic heterocycles. The molecule has 0 fully saturated rings. The van der Waals surface area contributed by atoms with E-state index in [0.717, 1.165) is 5.56 Å². The second kappa shape index (κ2) is 8.22. The Morgan fingerprint density at radius 3 is 2.23 bits per heavy atom. The van der Waals surface area contributed by atoms with Crippen LogP contribution in [0.3, 0.4) is 0 Å². The minimum atomic E-state index is -1.91. The summed E-state index contributed by atoms with van der Waals surface area (Å²) < 4.78 is 11.6. The van der Waals surface area contributed by atoms with Gasteiger partial charge in [0, 0.05) is 0 Å². The largest absolute Gasteiger partial charge is 0.414 e. The maximum Gasteiger partial charge on any atom is 0.192 e. The van der Waals surface area contributed by atoms with Crippen molar-refractivity contribution in [3.05, 3.63) is 35.9 Å². The summed E-state index contributed by atoms with van der Waals surface area (Å²) in [6, 6.07) is 9.71. The van der Waals surface area contributed by atoms with E-state index < -0.39 is 20.5 Å². The summed E-state index contributed by atoms with van der Waals surface area (Å²) in [5, 5.41) is 19.8. The highest BCUT2D eigenvalue weighted by Crippen LogP contribution is 2.36. The number of ether oxygens (including phenoxy) is 1. The maximum atomic E-state index is 10.2. The molecular formula is C17H30O4Si. The molecular weight excluding hydrogens is 296 g/mol. The molecule has 22 heavy (non-hydrogen) atoms. The summed E-state index contributed by atoms with van der Waals surface area (Å²) in [5.74, 6) is 0. The summed E-state index contributed by atoms with van der Waals surface area (Å²) in [5.41, 5.74) is 1.01. The molecule has 0 aliphatic carbocycles. The second-order valence-electron chi connectivity index (χ2n) is 7.16. The number of hydrogen-bond donors (Lipinski definition) is 2. The molecule has 0 heterocycles. The molecule has 4 nitrogen and oxygen atoms in total. The summed E-state index contributed by atoms with van der Waals surface area (Å²) in [4.78, 5) is 0. The second-order valence-corrected chi connectivity index (χ2v) is 12.0. The van der Waals surface area contributed by atoms with Gasteiger partial charge >= 0.3 is 0 Å². The van der Waals surface area contributed by atoms with E-state index in [1.165, 1.54) is 0 Å². The van der Waals surface area contributed by atoms with Crippen LogP contribution in [0.5, 0.6) is 0 Å². The maximum absolute atomic E-state index is 10.2. The zero-order chi connectivity index (χ0) is 16.8. The van der Waals surface area contributed by atoms with E-state index in [2.05, 4.69) is 33.9 Å². The van der Waals surface area contributed by atoms with Crippen molar-refractivity contribution in [1.29, 1.82) is 0 Å². The average molecular weight is 327 g/mol. The monoisotopic (exact) mass is 326 g/mol. The lowest BCUT2D eigenvalue weighted by atomic mass is 10.2. The smallest absolute Gasteiger partial charge is 0.192 e. The van der Waals surface area contributed by atoms with Crippen LogP contribution in [0.1, 0.15) is 26.3 Å². The Bertz CT molecular complexity index is 428. The Labute approximate surface area is 135 Å². The minimum absolute atomic E-state index is 0.0896. The predicted octanol–water partition coefficient (Wildman–Crippen LogP) is 2.95. The Morgan fingerprint density at radius 1 is 1.14 bits per heavy atom. The number of rotatable bonds is 8. The Morgan fingerprint density at radius 2 is 1.73 bits per heavy atom. The molecule has 126 valence electrons. The molecule has 0 aliphatic rings. The van der Waals surface area contributed by atoms with Crippen LogP contribution in [0.25, 0.3) is 0 Å². The van der Waals surface area contributed by atoms with Crippen molar-refractivity contribution < 1.29 is 19.4 Å². The van der Waals surface area contributed by atoms with Crippen LogP contribution in [-0.2, 0) is 15.8 Å². The van der Waals surface area contributed by atoms with Crippen LogP contribution in [0.4, 0.5) is 0 Å². The average Bonchev–Trinajstić information content (AvgIpc) is 2.45. The van der Waals surface area contributed by atoms with Gasteiger partial charge in [-0.2, -0.15) is 0 Å². The molecule has 0 radical (unpaired) electrons. The summed E-state index contributed by atoms with van der Waals surface area (Å²) in [6.45, 7) is 11.1. The van der Waals surface area contributed by atoms with Gasteiger partial charge in [0.1, 0.15) is 12.2 Å². The van der Waals surface area contributed by atoms with Gasteiger partial charge in [-0.3, -0.25) is 0 Å². The van der Waals surface area contributed by atoms with Crippen LogP contribution < -0.4 is 0 Å². The van der Waals surface area contributed by atoms with Gasteiger partial charge in [0.05, 0.1) is 19.8 Å². The van der Waals surface area contributed by atoms with Gasteiger partial charge in [0.2, 0.25) is 0 Å². The Kier molecular flexibility index (Phi) is 7.22. The lowest BCUT2D eigenvalue weighted by Gasteiger charge is -2.37. The van der Waals surface area contributed by atoms with Gasteiger partial charge in [-0.15, -0.1) is 0 Å². The van der Waals surface area contributed by atoms with Crippen LogP contribution in [-0.4, -0.2) is 44.0 Å². The van der Waals surface area contributed by atoms with Crippen molar-refractivity contribution >= 4 is 8.32 Å². The van der Waals surface area contributed by atoms with Crippen molar-refractivity contribution in [3.63, 3.8) is 0 Å². The first-order chi connectivity index (χ1) is 10.2. The molecule has 0 spiro atoms. The molecule has 5 heteroatoms. The molecule has 2 atom stereocenters. The zero-order valence-electron chi connectivity index (χ0n) is 14.4. The molecule has 0 aromatic heterocycles. The van der Waals surface area contributed by atoms with E-state index in [-0.39, 0.29) is 18.3 Å². The van der Waals surface area contributed by atoms with Crippen molar-refractivity contribution in [1.82, 2.24) is 0 Å². The third kappa shape index (κ3) is 5.82. The highest BCUT2D eigenvalue weighted by atomic mass is 28.4. The van der Waals surface area contributed by atoms with Crippen molar-refractivity contribution in [2.45, 2.75) is 57.7 Å². The molecule has 1 rings (SSSR count). The Balaban J connectivity index is 2.49. The number of aliphatic hydroxyl groups excluding tert-OH is 2. The first-order valence-corrected chi connectivity index (χ1v) is 10.7. The van der Waals surface area contributed by atoms with Gasteiger partial charge in [0.25, 0.3) is 0 Å². The van der Waals surface area contributed by atoms with E-state index in [1.54, 1.807) is 0 Å². The van der Waals surface area contributed by atoms with E-state index in [4.69, 9.17) is 9.16 Å². The summed E-state index contributed by atoms with van der Waals surface area (Å²) >= 11 is 0. The van der Waals surface area contributed by atoms with E-state index in [1.807, 2.05) is 30.3 Å². The normalized spacial score (nSPS) is 15.6. The van der Waals surface area contributed by atoms with Crippen molar-refractivity contribution in [2.24, 2.45) is 0 Å². The number of aliphatic hydroxyl groups is 2. The molecule has 0 unspecified atom stereocenters. The first kappa shape index (κ1) is 19.3. The van der Waals surface area contributed by atoms with Gasteiger partial charge in [-0.05, 0) is 23.7 Å². The zero-order valence-corrected chi connectivity index (χ0v) is 15.4. The predicted molar refractivity (Wildman–Crippen MR) is 91.3 cm³/mol. The van der Waals surface area contributed by atoms with Crippen LogP contribution >= 0.6 is 0 Å². The molecule has 0 amide bonds. The highest BCUT2D eigenvalue weighted by molar-refractivity contribution is 6.74. The standard InChI is InChI=1S/C17H30O4Si/c1-17(2,3)22(4,5)21-13-15(19)16(11-18)20-12-14-9-7-6-8-10-14/h6-10,15-16,18-19H,11-13H2,1-5H3/t15-,16-/m0/s1. The third-order valence-corrected chi connectivity index (χ3v) is 8.84. The molecule has 0 bridgehead atoms. The SMILES string of the molecule is CC(C)(C)[Si](C)(C)OC[C@H](O)[C@H](CO)OCc1ccccc1. The van der Waals surface area contributed by atoms with Crippen LogP contribution in [0, 0.1) is 0 Å². The molecule has 2 N–H and O–H groups in total. The van der Waals surface area contributed by atoms with Gasteiger partial charge in [0.15, 0.2) is 8.32 Å². The van der Waals surface area contributed by atoms with Crippen LogP contribution in [0.2, 0.25) is 18.1 Å². The number of hydrogen-bond acceptors (Lipinski definition) is 4. The lowest BCUT2D eigenvalue weighted by Crippen LogP contribution is -2.45. The first-order valence-electron chi connectivity index (χ1n) is 7.76. The van der Waals surface area contributed by atoms with Crippen molar-refractivity contribution in [2.75, 3.05) is 13.2 Å².